The van der Waals surface area contributed by atoms with Crippen molar-refractivity contribution in [1.82, 2.24) is 14.9 Å². The summed E-state index contributed by atoms with van der Waals surface area (Å²) in [6.07, 6.45) is 7.66. The number of nitrogens with zero attached hydrogens (tertiary/aromatic N) is 4. The number of anilines is 2. The number of benzene rings is 2. The highest BCUT2D eigenvalue weighted by atomic mass is 16.2. The number of hydrogen-bond donors (Lipinski definition) is 1. The fourth-order valence-corrected chi connectivity index (χ4v) is 4.73. The minimum absolute atomic E-state index is 0.0259. The van der Waals surface area contributed by atoms with Crippen molar-refractivity contribution >= 4 is 23.5 Å². The molecule has 0 atom stereocenters. The molecule has 1 aromatic heterocycles. The van der Waals surface area contributed by atoms with Crippen LogP contribution in [-0.2, 0) is 35.3 Å². The first-order valence-electron chi connectivity index (χ1n) is 11.9. The van der Waals surface area contributed by atoms with Gasteiger partial charge in [0.25, 0.3) is 0 Å². The van der Waals surface area contributed by atoms with E-state index in [9.17, 15) is 9.59 Å². The molecule has 1 saturated heterocycles. The molecule has 0 unspecified atom stereocenters. The van der Waals surface area contributed by atoms with Crippen LogP contribution in [0, 0.1) is 0 Å². The van der Waals surface area contributed by atoms with Crippen LogP contribution >= 0.6 is 0 Å². The third-order valence-electron chi connectivity index (χ3n) is 6.59. The number of hydrogen-bond acceptors (Lipinski definition) is 5. The van der Waals surface area contributed by atoms with Crippen molar-refractivity contribution in [2.75, 3.05) is 36.4 Å². The van der Waals surface area contributed by atoms with Crippen molar-refractivity contribution in [2.45, 2.75) is 32.1 Å². The van der Waals surface area contributed by atoms with Crippen molar-refractivity contribution in [3.63, 3.8) is 0 Å². The number of aryl methyl sites for hydroxylation is 2. The number of nitrogens with one attached hydrogen (secondary N) is 1. The fourth-order valence-electron chi connectivity index (χ4n) is 4.73. The van der Waals surface area contributed by atoms with Crippen molar-refractivity contribution in [3.05, 3.63) is 83.2 Å². The molecule has 1 N–H and O–H groups in total. The molecule has 2 heterocycles. The number of amides is 2. The molecular weight excluding hydrogens is 426 g/mol. The predicted octanol–water partition coefficient (Wildman–Crippen LogP) is 3.04. The standard InChI is InChI=1S/C27H29N5O2/c33-25(18-21-5-8-22-3-1-4-23(22)17-21)30-24-9-6-20(7-10-24)19-26(34)31-13-15-32(16-14-31)27-28-11-2-12-29-27/h2,5-12,17H,1,3-4,13-16,18-19H2,(H,30,33). The van der Waals surface area contributed by atoms with Gasteiger partial charge in [-0.15, -0.1) is 0 Å². The third kappa shape index (κ3) is 5.25. The summed E-state index contributed by atoms with van der Waals surface area (Å²) < 4.78 is 0. The second kappa shape index (κ2) is 10.0. The Bertz CT molecular complexity index is 1160. The SMILES string of the molecule is O=C(Cc1ccc2c(c1)CCC2)Nc1ccc(CC(=O)N2CCN(c3ncccn3)CC2)cc1. The molecule has 0 spiro atoms. The molecule has 7 nitrogen and oxygen atoms in total. The van der Waals surface area contributed by atoms with Crippen LogP contribution in [0.15, 0.2) is 60.9 Å². The van der Waals surface area contributed by atoms with E-state index in [1.807, 2.05) is 29.2 Å². The van der Waals surface area contributed by atoms with E-state index in [0.29, 0.717) is 31.9 Å². The van der Waals surface area contributed by atoms with E-state index in [1.165, 1.54) is 17.5 Å². The molecule has 0 radical (unpaired) electrons. The lowest BCUT2D eigenvalue weighted by Gasteiger charge is -2.34. The molecule has 2 aliphatic rings. The van der Waals surface area contributed by atoms with Crippen LogP contribution in [0.2, 0.25) is 0 Å². The Morgan fingerprint density at radius 2 is 1.53 bits per heavy atom. The Morgan fingerprint density at radius 1 is 0.824 bits per heavy atom. The van der Waals surface area contributed by atoms with Crippen molar-refractivity contribution in [2.24, 2.45) is 0 Å². The molecule has 174 valence electrons. The maximum absolute atomic E-state index is 12.8. The van der Waals surface area contributed by atoms with Gasteiger partial charge in [0.2, 0.25) is 17.8 Å². The topological polar surface area (TPSA) is 78.4 Å². The lowest BCUT2D eigenvalue weighted by molar-refractivity contribution is -0.130. The highest BCUT2D eigenvalue weighted by molar-refractivity contribution is 5.92. The van der Waals surface area contributed by atoms with Crippen LogP contribution in [0.5, 0.6) is 0 Å². The first-order chi connectivity index (χ1) is 16.6. The molecule has 3 aromatic rings. The molecule has 1 aliphatic heterocycles. The summed E-state index contributed by atoms with van der Waals surface area (Å²) >= 11 is 0. The summed E-state index contributed by atoms with van der Waals surface area (Å²) in [5, 5.41) is 2.97. The van der Waals surface area contributed by atoms with Gasteiger partial charge in [-0.1, -0.05) is 30.3 Å². The largest absolute Gasteiger partial charge is 0.339 e. The second-order valence-corrected chi connectivity index (χ2v) is 8.97. The first-order valence-corrected chi connectivity index (χ1v) is 11.9. The van der Waals surface area contributed by atoms with Crippen LogP contribution in [0.4, 0.5) is 11.6 Å². The number of carbonyl (C=O) groups is 2. The maximum Gasteiger partial charge on any atom is 0.228 e. The summed E-state index contributed by atoms with van der Waals surface area (Å²) in [6, 6.07) is 15.8. The summed E-state index contributed by atoms with van der Waals surface area (Å²) in [5.41, 5.74) is 5.55. The van der Waals surface area contributed by atoms with Gasteiger partial charge in [0.1, 0.15) is 0 Å². The van der Waals surface area contributed by atoms with Gasteiger partial charge in [-0.25, -0.2) is 9.97 Å². The Balaban J connectivity index is 1.10. The van der Waals surface area contributed by atoms with E-state index in [2.05, 4.69) is 38.4 Å². The van der Waals surface area contributed by atoms with Gasteiger partial charge in [-0.2, -0.15) is 0 Å². The second-order valence-electron chi connectivity index (χ2n) is 8.97. The molecule has 0 saturated carbocycles. The highest BCUT2D eigenvalue weighted by Gasteiger charge is 2.22. The van der Waals surface area contributed by atoms with E-state index in [-0.39, 0.29) is 11.8 Å². The van der Waals surface area contributed by atoms with E-state index in [0.717, 1.165) is 42.7 Å². The van der Waals surface area contributed by atoms with Crippen molar-refractivity contribution in [3.8, 4) is 0 Å². The quantitative estimate of drug-likeness (QED) is 0.618. The average molecular weight is 456 g/mol. The zero-order chi connectivity index (χ0) is 23.3. The number of fused-ring (bicyclic) bond motifs is 1. The fraction of sp³-hybridized carbons (Fsp3) is 0.333. The molecule has 34 heavy (non-hydrogen) atoms. The van der Waals surface area contributed by atoms with Crippen molar-refractivity contribution < 1.29 is 9.59 Å². The van der Waals surface area contributed by atoms with Crippen LogP contribution in [0.3, 0.4) is 0 Å². The summed E-state index contributed by atoms with van der Waals surface area (Å²) in [4.78, 5) is 37.8. The molecular formula is C27H29N5O2. The number of piperazine rings is 1. The third-order valence-corrected chi connectivity index (χ3v) is 6.59. The lowest BCUT2D eigenvalue weighted by atomic mass is 10.0. The van der Waals surface area contributed by atoms with Crippen LogP contribution < -0.4 is 10.2 Å². The minimum atomic E-state index is -0.0259. The van der Waals surface area contributed by atoms with Gasteiger partial charge in [-0.05, 0) is 59.7 Å². The molecule has 7 heteroatoms. The Hall–Kier alpha value is -3.74. The van der Waals surface area contributed by atoms with Crippen LogP contribution in [0.1, 0.15) is 28.7 Å². The Labute approximate surface area is 199 Å². The van der Waals surface area contributed by atoms with E-state index in [1.54, 1.807) is 18.5 Å². The minimum Gasteiger partial charge on any atom is -0.339 e. The van der Waals surface area contributed by atoms with Gasteiger partial charge in [-0.3, -0.25) is 9.59 Å². The smallest absolute Gasteiger partial charge is 0.228 e. The maximum atomic E-state index is 12.8. The van der Waals surface area contributed by atoms with Gasteiger partial charge in [0, 0.05) is 44.3 Å². The summed E-state index contributed by atoms with van der Waals surface area (Å²) in [5.74, 6) is 0.799. The van der Waals surface area contributed by atoms with Gasteiger partial charge in [0.15, 0.2) is 0 Å². The van der Waals surface area contributed by atoms with Gasteiger partial charge < -0.3 is 15.1 Å². The molecule has 0 bridgehead atoms. The molecule has 1 aliphatic carbocycles. The molecule has 2 amide bonds. The van der Waals surface area contributed by atoms with Crippen molar-refractivity contribution in [1.29, 1.82) is 0 Å². The van der Waals surface area contributed by atoms with E-state index < -0.39 is 0 Å². The number of rotatable bonds is 6. The lowest BCUT2D eigenvalue weighted by Crippen LogP contribution is -2.49. The average Bonchev–Trinajstić information content (AvgIpc) is 3.34. The number of carbonyl (C=O) groups excluding carboxylic acids is 2. The zero-order valence-electron chi connectivity index (χ0n) is 19.2. The van der Waals surface area contributed by atoms with Crippen LogP contribution in [0.25, 0.3) is 0 Å². The first kappa shape index (κ1) is 22.1. The number of aromatic nitrogens is 2. The van der Waals surface area contributed by atoms with Gasteiger partial charge in [0.05, 0.1) is 12.8 Å². The predicted molar refractivity (Wildman–Crippen MR) is 132 cm³/mol. The summed E-state index contributed by atoms with van der Waals surface area (Å²) in [7, 11) is 0. The monoisotopic (exact) mass is 455 g/mol. The molecule has 5 rings (SSSR count). The van der Waals surface area contributed by atoms with E-state index >= 15 is 0 Å². The van der Waals surface area contributed by atoms with E-state index in [4.69, 9.17) is 0 Å². The molecule has 1 fully saturated rings. The normalized spacial score (nSPS) is 15.2. The Morgan fingerprint density at radius 3 is 2.29 bits per heavy atom. The summed E-state index contributed by atoms with van der Waals surface area (Å²) in [6.45, 7) is 2.78. The Kier molecular flexibility index (Phi) is 6.51. The molecule has 2 aromatic carbocycles. The van der Waals surface area contributed by atoms with Gasteiger partial charge >= 0.3 is 0 Å². The zero-order valence-corrected chi connectivity index (χ0v) is 19.2. The van der Waals surface area contributed by atoms with Crippen LogP contribution in [-0.4, -0.2) is 52.9 Å². The highest BCUT2D eigenvalue weighted by Crippen LogP contribution is 2.23.